The number of nitrogens with zero attached hydrogens (tertiary/aromatic N) is 2. The van der Waals surface area contributed by atoms with E-state index in [-0.39, 0.29) is 17.9 Å². The third kappa shape index (κ3) is 2.26. The largest absolute Gasteiger partial charge is 0.417 e. The average molecular weight is 292 g/mol. The molecule has 0 aliphatic carbocycles. The Bertz CT molecular complexity index is 725. The van der Waals surface area contributed by atoms with Crippen molar-refractivity contribution in [1.29, 1.82) is 0 Å². The number of carbonyl (C=O) groups excluding carboxylic acids is 1. The van der Waals surface area contributed by atoms with E-state index in [1.807, 2.05) is 0 Å². The van der Waals surface area contributed by atoms with Crippen LogP contribution in [-0.4, -0.2) is 17.9 Å². The van der Waals surface area contributed by atoms with Crippen molar-refractivity contribution < 1.29 is 18.0 Å². The topological polar surface area (TPSA) is 33.2 Å². The summed E-state index contributed by atoms with van der Waals surface area (Å²) >= 11 is 0. The van der Waals surface area contributed by atoms with E-state index in [0.717, 1.165) is 23.5 Å². The number of fused-ring (bicyclic) bond motifs is 1. The zero-order valence-corrected chi connectivity index (χ0v) is 11.1. The fourth-order valence-corrected chi connectivity index (χ4v) is 2.51. The number of carbonyl (C=O) groups is 1. The molecule has 0 saturated heterocycles. The van der Waals surface area contributed by atoms with Crippen LogP contribution in [-0.2, 0) is 17.4 Å². The lowest BCUT2D eigenvalue weighted by Gasteiger charge is -2.14. The van der Waals surface area contributed by atoms with Crippen molar-refractivity contribution in [3.8, 4) is 11.1 Å². The third-order valence-corrected chi connectivity index (χ3v) is 3.59. The normalized spacial score (nSPS) is 14.5. The summed E-state index contributed by atoms with van der Waals surface area (Å²) in [5.74, 6) is -0.0654. The fourth-order valence-electron chi connectivity index (χ4n) is 2.51. The molecule has 0 fully saturated rings. The molecule has 1 amide bonds. The highest BCUT2D eigenvalue weighted by atomic mass is 19.4. The van der Waals surface area contributed by atoms with Gasteiger partial charge in [0.1, 0.15) is 0 Å². The van der Waals surface area contributed by atoms with Crippen molar-refractivity contribution in [3.05, 3.63) is 47.8 Å². The summed E-state index contributed by atoms with van der Waals surface area (Å²) in [5.41, 5.74) is 1.18. The van der Waals surface area contributed by atoms with Crippen LogP contribution in [0.5, 0.6) is 0 Å². The quantitative estimate of drug-likeness (QED) is 0.808. The molecular formula is C15H11F3N2O. The molecule has 3 nitrogen and oxygen atoms in total. The number of hydrogen-bond acceptors (Lipinski definition) is 2. The SMILES string of the molecule is CN1C(=O)Cc2cc(-c3cnccc3C(F)(F)F)ccc21. The van der Waals surface area contributed by atoms with Gasteiger partial charge in [-0.25, -0.2) is 0 Å². The lowest BCUT2D eigenvalue weighted by Crippen LogP contribution is -2.20. The Morgan fingerprint density at radius 1 is 1.24 bits per heavy atom. The van der Waals surface area contributed by atoms with Crippen LogP contribution in [0.15, 0.2) is 36.7 Å². The van der Waals surface area contributed by atoms with Crippen LogP contribution in [0.1, 0.15) is 11.1 Å². The maximum atomic E-state index is 13.0. The first-order valence-corrected chi connectivity index (χ1v) is 6.29. The Morgan fingerprint density at radius 2 is 2.00 bits per heavy atom. The van der Waals surface area contributed by atoms with E-state index in [1.54, 1.807) is 25.2 Å². The van der Waals surface area contributed by atoms with E-state index < -0.39 is 11.7 Å². The van der Waals surface area contributed by atoms with Crippen LogP contribution in [0.25, 0.3) is 11.1 Å². The summed E-state index contributed by atoms with van der Waals surface area (Å²) in [6, 6.07) is 5.84. The number of pyridine rings is 1. The van der Waals surface area contributed by atoms with Crippen molar-refractivity contribution in [3.63, 3.8) is 0 Å². The first kappa shape index (κ1) is 13.6. The average Bonchev–Trinajstić information content (AvgIpc) is 2.73. The maximum absolute atomic E-state index is 13.0. The number of hydrogen-bond donors (Lipinski definition) is 0. The highest BCUT2D eigenvalue weighted by molar-refractivity contribution is 6.01. The predicted octanol–water partition coefficient (Wildman–Crippen LogP) is 3.29. The first-order valence-electron chi connectivity index (χ1n) is 6.29. The summed E-state index contributed by atoms with van der Waals surface area (Å²) in [5, 5.41) is 0. The van der Waals surface area contributed by atoms with Gasteiger partial charge in [0.05, 0.1) is 12.0 Å². The molecule has 1 aromatic carbocycles. The van der Waals surface area contributed by atoms with Gasteiger partial charge in [0.2, 0.25) is 5.91 Å². The molecule has 0 saturated carbocycles. The van der Waals surface area contributed by atoms with Crippen molar-refractivity contribution in [1.82, 2.24) is 4.98 Å². The second-order valence-electron chi connectivity index (χ2n) is 4.89. The summed E-state index contributed by atoms with van der Waals surface area (Å²) in [6.07, 6.45) is -1.91. The molecule has 0 N–H and O–H groups in total. The Kier molecular flexibility index (Phi) is 2.97. The minimum atomic E-state index is -4.44. The molecule has 21 heavy (non-hydrogen) atoms. The third-order valence-electron chi connectivity index (χ3n) is 3.59. The summed E-state index contributed by atoms with van der Waals surface area (Å²) in [6.45, 7) is 0. The number of aromatic nitrogens is 1. The van der Waals surface area contributed by atoms with E-state index in [1.165, 1.54) is 11.1 Å². The molecule has 0 unspecified atom stereocenters. The maximum Gasteiger partial charge on any atom is 0.417 e. The number of alkyl halides is 3. The molecule has 1 aromatic heterocycles. The molecular weight excluding hydrogens is 281 g/mol. The van der Waals surface area contributed by atoms with Gasteiger partial charge in [0.25, 0.3) is 0 Å². The van der Waals surface area contributed by atoms with E-state index >= 15 is 0 Å². The Hall–Kier alpha value is -2.37. The molecule has 6 heteroatoms. The molecule has 2 aromatic rings. The summed E-state index contributed by atoms with van der Waals surface area (Å²) < 4.78 is 39.1. The zero-order chi connectivity index (χ0) is 15.2. The number of benzene rings is 1. The number of halogens is 3. The van der Waals surface area contributed by atoms with Gasteiger partial charge in [-0.3, -0.25) is 9.78 Å². The van der Waals surface area contributed by atoms with Crippen molar-refractivity contribution in [2.45, 2.75) is 12.6 Å². The molecule has 0 spiro atoms. The second-order valence-corrected chi connectivity index (χ2v) is 4.89. The van der Waals surface area contributed by atoms with Crippen molar-refractivity contribution >= 4 is 11.6 Å². The second kappa shape index (κ2) is 4.58. The zero-order valence-electron chi connectivity index (χ0n) is 11.1. The standard InChI is InChI=1S/C15H11F3N2O/c1-20-13-3-2-9(6-10(13)7-14(20)21)11-8-19-5-4-12(11)15(16,17)18/h2-6,8H,7H2,1H3. The highest BCUT2D eigenvalue weighted by Crippen LogP contribution is 2.38. The van der Waals surface area contributed by atoms with Crippen molar-refractivity contribution in [2.75, 3.05) is 11.9 Å². The lowest BCUT2D eigenvalue weighted by atomic mass is 9.99. The van der Waals surface area contributed by atoms with Crippen LogP contribution < -0.4 is 4.90 Å². The number of likely N-dealkylation sites (N-methyl/N-ethyl adjacent to an activating group) is 1. The van der Waals surface area contributed by atoms with Crippen molar-refractivity contribution in [2.24, 2.45) is 0 Å². The Morgan fingerprint density at radius 3 is 2.71 bits per heavy atom. The minimum absolute atomic E-state index is 0.0230. The number of amides is 1. The van der Waals surface area contributed by atoms with Crippen LogP contribution in [0, 0.1) is 0 Å². The lowest BCUT2D eigenvalue weighted by molar-refractivity contribution is -0.137. The van der Waals surface area contributed by atoms with Gasteiger partial charge >= 0.3 is 6.18 Å². The molecule has 0 atom stereocenters. The number of anilines is 1. The minimum Gasteiger partial charge on any atom is -0.315 e. The molecule has 2 heterocycles. The summed E-state index contributed by atoms with van der Waals surface area (Å²) in [4.78, 5) is 16.9. The molecule has 0 bridgehead atoms. The highest BCUT2D eigenvalue weighted by Gasteiger charge is 2.34. The van der Waals surface area contributed by atoms with Gasteiger partial charge in [-0.2, -0.15) is 13.2 Å². The Balaban J connectivity index is 2.12. The van der Waals surface area contributed by atoms with Gasteiger partial charge < -0.3 is 4.90 Å². The van der Waals surface area contributed by atoms with Gasteiger partial charge in [-0.05, 0) is 29.3 Å². The van der Waals surface area contributed by atoms with Crippen LogP contribution in [0.3, 0.4) is 0 Å². The van der Waals surface area contributed by atoms with Gasteiger partial charge in [-0.1, -0.05) is 6.07 Å². The molecule has 1 aliphatic rings. The fraction of sp³-hybridized carbons (Fsp3) is 0.200. The molecule has 1 aliphatic heterocycles. The molecule has 0 radical (unpaired) electrons. The van der Waals surface area contributed by atoms with E-state index in [2.05, 4.69) is 4.98 Å². The Labute approximate surface area is 119 Å². The van der Waals surface area contributed by atoms with Crippen LogP contribution in [0.4, 0.5) is 18.9 Å². The van der Waals surface area contributed by atoms with E-state index in [4.69, 9.17) is 0 Å². The van der Waals surface area contributed by atoms with Crippen LogP contribution in [0.2, 0.25) is 0 Å². The van der Waals surface area contributed by atoms with Crippen LogP contribution >= 0.6 is 0 Å². The van der Waals surface area contributed by atoms with Gasteiger partial charge in [0.15, 0.2) is 0 Å². The smallest absolute Gasteiger partial charge is 0.315 e. The van der Waals surface area contributed by atoms with E-state index in [0.29, 0.717) is 5.56 Å². The predicted molar refractivity (Wildman–Crippen MR) is 71.8 cm³/mol. The van der Waals surface area contributed by atoms with Gasteiger partial charge in [-0.15, -0.1) is 0 Å². The van der Waals surface area contributed by atoms with Gasteiger partial charge in [0, 0.05) is 30.7 Å². The monoisotopic (exact) mass is 292 g/mol. The molecule has 3 rings (SSSR count). The van der Waals surface area contributed by atoms with E-state index in [9.17, 15) is 18.0 Å². The number of rotatable bonds is 1. The summed E-state index contributed by atoms with van der Waals surface area (Å²) in [7, 11) is 1.65. The first-order chi connectivity index (χ1) is 9.88. The molecule has 108 valence electrons.